The predicted octanol–water partition coefficient (Wildman–Crippen LogP) is 0.522. The summed E-state index contributed by atoms with van der Waals surface area (Å²) < 4.78 is 9.77. The summed E-state index contributed by atoms with van der Waals surface area (Å²) in [7, 11) is 0. The van der Waals surface area contributed by atoms with Crippen molar-refractivity contribution in [1.82, 2.24) is 4.90 Å². The molecule has 0 aromatic rings. The number of fused-ring (bicyclic) bond motifs is 1. The Kier molecular flexibility index (Phi) is 4.74. The van der Waals surface area contributed by atoms with Crippen LogP contribution in [0.3, 0.4) is 0 Å². The third kappa shape index (κ3) is 2.70. The number of nitrogens with zero attached hydrogens (tertiary/aromatic N) is 1. The van der Waals surface area contributed by atoms with Gasteiger partial charge in [0.1, 0.15) is 18.4 Å². The second kappa shape index (κ2) is 6.41. The average Bonchev–Trinajstić information content (AvgIpc) is 2.74. The highest BCUT2D eigenvalue weighted by molar-refractivity contribution is 6.00. The minimum Gasteiger partial charge on any atom is -0.477 e. The van der Waals surface area contributed by atoms with Gasteiger partial charge in [-0.1, -0.05) is 19.6 Å². The van der Waals surface area contributed by atoms with Gasteiger partial charge in [-0.2, -0.15) is 0 Å². The van der Waals surface area contributed by atoms with Gasteiger partial charge in [-0.05, 0) is 12.5 Å². The van der Waals surface area contributed by atoms with Gasteiger partial charge in [0.15, 0.2) is 0 Å². The first kappa shape index (κ1) is 17.0. The molecule has 0 aromatic heterocycles. The van der Waals surface area contributed by atoms with Crippen LogP contribution in [-0.2, 0) is 19.1 Å². The monoisotopic (exact) mass is 325 g/mol. The van der Waals surface area contributed by atoms with Crippen LogP contribution in [-0.4, -0.2) is 58.5 Å². The van der Waals surface area contributed by atoms with E-state index in [1.165, 1.54) is 6.08 Å². The molecule has 2 heterocycles. The van der Waals surface area contributed by atoms with E-state index in [0.29, 0.717) is 5.57 Å². The molecule has 126 valence electrons. The molecule has 0 aromatic carbocycles. The summed E-state index contributed by atoms with van der Waals surface area (Å²) in [6, 6.07) is -0.446. The maximum Gasteiger partial charge on any atom is 0.508 e. The van der Waals surface area contributed by atoms with Crippen molar-refractivity contribution in [3.05, 3.63) is 23.9 Å². The van der Waals surface area contributed by atoms with Crippen molar-refractivity contribution in [1.29, 1.82) is 0 Å². The maximum atomic E-state index is 12.3. The molecule has 0 bridgehead atoms. The number of aliphatic hydroxyl groups is 1. The predicted molar refractivity (Wildman–Crippen MR) is 77.1 cm³/mol. The second-order valence-corrected chi connectivity index (χ2v) is 5.52. The molecule has 2 aliphatic heterocycles. The van der Waals surface area contributed by atoms with Crippen LogP contribution in [0, 0.1) is 11.8 Å². The summed E-state index contributed by atoms with van der Waals surface area (Å²) in [5, 5.41) is 18.7. The van der Waals surface area contributed by atoms with Crippen molar-refractivity contribution in [3.8, 4) is 0 Å². The Labute approximate surface area is 133 Å². The van der Waals surface area contributed by atoms with Crippen molar-refractivity contribution in [2.45, 2.75) is 26.0 Å². The Morgan fingerprint density at radius 1 is 1.48 bits per heavy atom. The van der Waals surface area contributed by atoms with Crippen molar-refractivity contribution >= 4 is 18.0 Å². The van der Waals surface area contributed by atoms with E-state index in [1.54, 1.807) is 13.8 Å². The van der Waals surface area contributed by atoms with Crippen LogP contribution in [0.25, 0.3) is 0 Å². The molecule has 2 aliphatic rings. The molecular formula is C15H19NO7. The number of amides is 1. The quantitative estimate of drug-likeness (QED) is 0.416. The molecule has 0 spiro atoms. The van der Waals surface area contributed by atoms with Gasteiger partial charge < -0.3 is 24.6 Å². The zero-order valence-electron chi connectivity index (χ0n) is 12.9. The van der Waals surface area contributed by atoms with Crippen LogP contribution >= 0.6 is 0 Å². The summed E-state index contributed by atoms with van der Waals surface area (Å²) >= 11 is 0. The topological polar surface area (TPSA) is 113 Å². The first-order valence-electron chi connectivity index (χ1n) is 7.19. The molecule has 8 heteroatoms. The van der Waals surface area contributed by atoms with E-state index in [2.05, 4.69) is 6.58 Å². The Hall–Kier alpha value is -2.35. The number of rotatable bonds is 6. The van der Waals surface area contributed by atoms with Crippen LogP contribution in [0.1, 0.15) is 13.8 Å². The fraction of sp³-hybridized carbons (Fsp3) is 0.533. The van der Waals surface area contributed by atoms with Gasteiger partial charge in [-0.15, -0.1) is 0 Å². The molecule has 1 amide bonds. The van der Waals surface area contributed by atoms with Crippen molar-refractivity contribution in [2.75, 3.05) is 13.2 Å². The van der Waals surface area contributed by atoms with Gasteiger partial charge in [0.05, 0.1) is 18.6 Å². The van der Waals surface area contributed by atoms with E-state index in [1.807, 2.05) is 0 Å². The Morgan fingerprint density at radius 2 is 2.13 bits per heavy atom. The van der Waals surface area contributed by atoms with Gasteiger partial charge in [-0.3, -0.25) is 4.79 Å². The zero-order valence-corrected chi connectivity index (χ0v) is 12.9. The van der Waals surface area contributed by atoms with E-state index in [0.717, 1.165) is 4.90 Å². The number of hydrogen-bond donors (Lipinski definition) is 2. The highest BCUT2D eigenvalue weighted by atomic mass is 16.7. The van der Waals surface area contributed by atoms with Gasteiger partial charge >= 0.3 is 12.1 Å². The standard InChI is InChI=1S/C15H19NO7/c1-4-5-22-15(21)23-8(3)10-11-7(2)9(6-17)12(14(19)20)16(11)13(10)18/h4,7-8,10-11,17H,1,5-6H2,2-3H3,(H,19,20)/t7?,8-,10-,11-/m1/s1. The molecule has 1 fully saturated rings. The smallest absolute Gasteiger partial charge is 0.477 e. The number of carboxylic acid groups (broad SMARTS) is 1. The molecule has 2 rings (SSSR count). The van der Waals surface area contributed by atoms with Gasteiger partial charge in [-0.25, -0.2) is 9.59 Å². The number of aliphatic carboxylic acids is 1. The Bertz CT molecular complexity index is 582. The lowest BCUT2D eigenvalue weighted by Crippen LogP contribution is -2.64. The summed E-state index contributed by atoms with van der Waals surface area (Å²) in [6.07, 6.45) is -0.294. The minimum absolute atomic E-state index is 0.00446. The Morgan fingerprint density at radius 3 is 2.65 bits per heavy atom. The van der Waals surface area contributed by atoms with Crippen LogP contribution in [0.15, 0.2) is 23.9 Å². The summed E-state index contributed by atoms with van der Waals surface area (Å²) in [6.45, 7) is 6.25. The van der Waals surface area contributed by atoms with Crippen molar-refractivity contribution in [3.63, 3.8) is 0 Å². The number of carbonyl (C=O) groups excluding carboxylic acids is 2. The molecule has 1 saturated heterocycles. The number of aliphatic hydroxyl groups excluding tert-OH is 1. The molecule has 0 radical (unpaired) electrons. The van der Waals surface area contributed by atoms with E-state index in [-0.39, 0.29) is 18.2 Å². The van der Waals surface area contributed by atoms with E-state index in [9.17, 15) is 24.6 Å². The van der Waals surface area contributed by atoms with Crippen LogP contribution in [0.4, 0.5) is 4.79 Å². The van der Waals surface area contributed by atoms with E-state index in [4.69, 9.17) is 9.47 Å². The summed E-state index contributed by atoms with van der Waals surface area (Å²) in [5.41, 5.74) is 0.132. The SMILES string of the molecule is C=CCOC(=O)O[C@H](C)[C@H]1C(=O)N2C(C(=O)O)=C(CO)C(C)[C@H]12. The summed E-state index contributed by atoms with van der Waals surface area (Å²) in [4.78, 5) is 36.3. The van der Waals surface area contributed by atoms with Gasteiger partial charge in [0.25, 0.3) is 0 Å². The molecule has 8 nitrogen and oxygen atoms in total. The maximum absolute atomic E-state index is 12.3. The highest BCUT2D eigenvalue weighted by Crippen LogP contribution is 2.47. The number of β-lactam (4-membered cyclic amide) rings is 1. The van der Waals surface area contributed by atoms with E-state index < -0.39 is 42.7 Å². The molecule has 2 N–H and O–H groups in total. The highest BCUT2D eigenvalue weighted by Gasteiger charge is 2.60. The third-order valence-electron chi connectivity index (χ3n) is 4.28. The first-order chi connectivity index (χ1) is 10.8. The third-order valence-corrected chi connectivity index (χ3v) is 4.28. The lowest BCUT2D eigenvalue weighted by molar-refractivity contribution is -0.164. The zero-order chi connectivity index (χ0) is 17.3. The molecule has 1 unspecified atom stereocenters. The van der Waals surface area contributed by atoms with Crippen LogP contribution < -0.4 is 0 Å². The molecule has 0 saturated carbocycles. The number of ether oxygens (including phenoxy) is 2. The fourth-order valence-corrected chi connectivity index (χ4v) is 3.23. The lowest BCUT2D eigenvalue weighted by atomic mass is 9.78. The van der Waals surface area contributed by atoms with Gasteiger partial charge in [0.2, 0.25) is 5.91 Å². The van der Waals surface area contributed by atoms with Crippen LogP contribution in [0.5, 0.6) is 0 Å². The number of hydrogen-bond acceptors (Lipinski definition) is 6. The fourth-order valence-electron chi connectivity index (χ4n) is 3.23. The van der Waals surface area contributed by atoms with Crippen LogP contribution in [0.2, 0.25) is 0 Å². The average molecular weight is 325 g/mol. The molecular weight excluding hydrogens is 306 g/mol. The number of carboxylic acids is 1. The van der Waals surface area contributed by atoms with Crippen molar-refractivity contribution < 1.29 is 34.1 Å². The van der Waals surface area contributed by atoms with Crippen molar-refractivity contribution in [2.24, 2.45) is 11.8 Å². The second-order valence-electron chi connectivity index (χ2n) is 5.52. The van der Waals surface area contributed by atoms with E-state index >= 15 is 0 Å². The minimum atomic E-state index is -1.26. The molecule has 4 atom stereocenters. The largest absolute Gasteiger partial charge is 0.508 e. The summed E-state index contributed by atoms with van der Waals surface area (Å²) in [5.74, 6) is -2.69. The van der Waals surface area contributed by atoms with Gasteiger partial charge in [0, 0.05) is 5.92 Å². The molecule has 0 aliphatic carbocycles. The normalized spacial score (nSPS) is 27.2. The number of carbonyl (C=O) groups is 3. The first-order valence-corrected chi connectivity index (χ1v) is 7.19. The lowest BCUT2D eigenvalue weighted by Gasteiger charge is -2.47. The Balaban J connectivity index is 2.12. The molecule has 23 heavy (non-hydrogen) atoms.